The van der Waals surface area contributed by atoms with Crippen LogP contribution in [0.2, 0.25) is 0 Å². The molecule has 1 atom stereocenters. The van der Waals surface area contributed by atoms with Crippen LogP contribution >= 0.6 is 11.8 Å². The topological polar surface area (TPSA) is 67.4 Å². The minimum atomic E-state index is -4.66. The number of para-hydroxylation sites is 1. The summed E-state index contributed by atoms with van der Waals surface area (Å²) in [5.74, 6) is -1.56. The Balaban J connectivity index is 1.31. The summed E-state index contributed by atoms with van der Waals surface area (Å²) in [4.78, 5) is 21.9. The van der Waals surface area contributed by atoms with Crippen LogP contribution in [0.4, 0.5) is 13.2 Å². The number of ether oxygens (including phenoxy) is 1. The Morgan fingerprint density at radius 3 is 2.67 bits per heavy atom. The third-order valence-electron chi connectivity index (χ3n) is 5.16. The largest absolute Gasteiger partial charge is 0.451 e. The number of aromatic nitrogens is 2. The van der Waals surface area contributed by atoms with Gasteiger partial charge in [0, 0.05) is 31.6 Å². The second-order valence-electron chi connectivity index (χ2n) is 7.67. The van der Waals surface area contributed by atoms with Crippen molar-refractivity contribution in [2.75, 3.05) is 32.0 Å². The zero-order valence-corrected chi connectivity index (χ0v) is 18.5. The van der Waals surface area contributed by atoms with E-state index in [1.165, 1.54) is 11.6 Å². The van der Waals surface area contributed by atoms with E-state index >= 15 is 0 Å². The van der Waals surface area contributed by atoms with Crippen molar-refractivity contribution >= 4 is 28.6 Å². The van der Waals surface area contributed by atoms with Crippen LogP contribution in [0.1, 0.15) is 11.4 Å². The Morgan fingerprint density at radius 2 is 1.88 bits per heavy atom. The second kappa shape index (κ2) is 10.5. The average molecular weight is 477 g/mol. The summed E-state index contributed by atoms with van der Waals surface area (Å²) in [7, 11) is 0. The molecule has 0 unspecified atom stereocenters. The summed E-state index contributed by atoms with van der Waals surface area (Å²) in [5, 5.41) is 3.44. The number of nitrogens with one attached hydrogen (secondary N) is 1. The number of thioether (sulfide) groups is 1. The number of carbonyl (C=O) groups excluding carboxylic acids is 1. The van der Waals surface area contributed by atoms with Gasteiger partial charge in [-0.05, 0) is 11.6 Å². The van der Waals surface area contributed by atoms with E-state index in [2.05, 4.69) is 32.3 Å². The zero-order valence-electron chi connectivity index (χ0n) is 17.7. The lowest BCUT2D eigenvalue weighted by atomic mass is 10.2. The highest BCUT2D eigenvalue weighted by Gasteiger charge is 2.35. The average Bonchev–Trinajstić information content (AvgIpc) is 2.81. The Bertz CT molecular complexity index is 1100. The normalized spacial score (nSPS) is 17.2. The van der Waals surface area contributed by atoms with Crippen LogP contribution in [0.25, 0.3) is 10.9 Å². The molecule has 0 saturated carbocycles. The Kier molecular flexibility index (Phi) is 7.46. The number of carbonyl (C=O) groups is 1. The van der Waals surface area contributed by atoms with E-state index in [1.807, 2.05) is 18.2 Å². The molecule has 1 aliphatic heterocycles. The van der Waals surface area contributed by atoms with Crippen LogP contribution in [0.5, 0.6) is 0 Å². The first-order valence-corrected chi connectivity index (χ1v) is 11.5. The molecule has 1 aliphatic rings. The van der Waals surface area contributed by atoms with Gasteiger partial charge in [0.2, 0.25) is 11.7 Å². The standard InChI is InChI=1S/C23H23F3N4O2S/c24-23(25,26)22-28-19-9-5-4-8-18(19)21(29-22)33-15-20(31)27-12-17-14-30(10-11-32-17)13-16-6-2-1-3-7-16/h1-9,17H,10-15H2,(H,27,31)/t17-/m0/s1. The molecule has 0 radical (unpaired) electrons. The van der Waals surface area contributed by atoms with Crippen LogP contribution in [-0.4, -0.2) is 58.9 Å². The van der Waals surface area contributed by atoms with E-state index in [4.69, 9.17) is 4.74 Å². The first kappa shape index (κ1) is 23.5. The van der Waals surface area contributed by atoms with E-state index in [-0.39, 0.29) is 28.3 Å². The Labute approximate surface area is 193 Å². The number of amides is 1. The van der Waals surface area contributed by atoms with Gasteiger partial charge in [0.1, 0.15) is 5.03 Å². The minimum absolute atomic E-state index is 0.0568. The number of nitrogens with zero attached hydrogens (tertiary/aromatic N) is 3. The lowest BCUT2D eigenvalue weighted by Crippen LogP contribution is -2.47. The molecule has 1 fully saturated rings. The maximum atomic E-state index is 13.2. The van der Waals surface area contributed by atoms with E-state index in [9.17, 15) is 18.0 Å². The van der Waals surface area contributed by atoms with Crippen LogP contribution in [0.15, 0.2) is 59.6 Å². The maximum absolute atomic E-state index is 13.2. The number of rotatable bonds is 7. The van der Waals surface area contributed by atoms with Gasteiger partial charge < -0.3 is 10.1 Å². The van der Waals surface area contributed by atoms with E-state index in [0.29, 0.717) is 25.1 Å². The molecule has 1 N–H and O–H groups in total. The molecular formula is C23H23F3N4O2S. The molecular weight excluding hydrogens is 453 g/mol. The van der Waals surface area contributed by atoms with Crippen molar-refractivity contribution in [2.45, 2.75) is 23.9 Å². The van der Waals surface area contributed by atoms with Gasteiger partial charge in [-0.25, -0.2) is 9.97 Å². The number of hydrogen-bond donors (Lipinski definition) is 1. The predicted octanol–water partition coefficient (Wildman–Crippen LogP) is 3.76. The van der Waals surface area contributed by atoms with Gasteiger partial charge in [-0.2, -0.15) is 13.2 Å². The second-order valence-corrected chi connectivity index (χ2v) is 8.64. The van der Waals surface area contributed by atoms with Gasteiger partial charge in [-0.15, -0.1) is 0 Å². The summed E-state index contributed by atoms with van der Waals surface area (Å²) < 4.78 is 45.2. The number of fused-ring (bicyclic) bond motifs is 1. The van der Waals surface area contributed by atoms with Crippen LogP contribution < -0.4 is 5.32 Å². The molecule has 10 heteroatoms. The van der Waals surface area contributed by atoms with Gasteiger partial charge in [0.05, 0.1) is 24.0 Å². The van der Waals surface area contributed by atoms with E-state index in [1.54, 1.807) is 18.2 Å². The van der Waals surface area contributed by atoms with Crippen LogP contribution in [0.3, 0.4) is 0 Å². The molecule has 1 amide bonds. The van der Waals surface area contributed by atoms with Gasteiger partial charge in [-0.1, -0.05) is 60.3 Å². The lowest BCUT2D eigenvalue weighted by Gasteiger charge is -2.33. The Morgan fingerprint density at radius 1 is 1.12 bits per heavy atom. The molecule has 4 rings (SSSR count). The zero-order chi connectivity index (χ0) is 23.3. The summed E-state index contributed by atoms with van der Waals surface area (Å²) >= 11 is 0.963. The van der Waals surface area contributed by atoms with Gasteiger partial charge in [-0.3, -0.25) is 9.69 Å². The van der Waals surface area contributed by atoms with Gasteiger partial charge in [0.25, 0.3) is 0 Å². The van der Waals surface area contributed by atoms with Crippen molar-refractivity contribution in [3.63, 3.8) is 0 Å². The molecule has 0 aliphatic carbocycles. The van der Waals surface area contributed by atoms with Crippen molar-refractivity contribution in [3.8, 4) is 0 Å². The van der Waals surface area contributed by atoms with Gasteiger partial charge in [0.15, 0.2) is 0 Å². The highest BCUT2D eigenvalue weighted by atomic mass is 32.2. The first-order chi connectivity index (χ1) is 15.9. The third-order valence-corrected chi connectivity index (χ3v) is 6.15. The van der Waals surface area contributed by atoms with E-state index < -0.39 is 12.0 Å². The fourth-order valence-electron chi connectivity index (χ4n) is 3.59. The van der Waals surface area contributed by atoms with Gasteiger partial charge >= 0.3 is 6.18 Å². The highest BCUT2D eigenvalue weighted by Crippen LogP contribution is 2.31. The highest BCUT2D eigenvalue weighted by molar-refractivity contribution is 8.00. The fourth-order valence-corrected chi connectivity index (χ4v) is 4.44. The number of hydrogen-bond acceptors (Lipinski definition) is 6. The summed E-state index contributed by atoms with van der Waals surface area (Å²) in [6, 6.07) is 16.6. The minimum Gasteiger partial charge on any atom is -0.374 e. The van der Waals surface area contributed by atoms with Crippen LogP contribution in [-0.2, 0) is 22.3 Å². The van der Waals surface area contributed by atoms with Crippen molar-refractivity contribution in [1.82, 2.24) is 20.2 Å². The van der Waals surface area contributed by atoms with Crippen molar-refractivity contribution in [1.29, 1.82) is 0 Å². The summed E-state index contributed by atoms with van der Waals surface area (Å²) in [6.45, 7) is 3.23. The quantitative estimate of drug-likeness (QED) is 0.414. The SMILES string of the molecule is O=C(CSc1nc(C(F)(F)F)nc2ccccc12)NC[C@H]1CN(Cc2ccccc2)CCO1. The molecule has 3 aromatic rings. The fraction of sp³-hybridized carbons (Fsp3) is 0.348. The molecule has 2 aromatic carbocycles. The molecule has 6 nitrogen and oxygen atoms in total. The number of alkyl halides is 3. The number of morpholine rings is 1. The first-order valence-electron chi connectivity index (χ1n) is 10.5. The molecule has 0 bridgehead atoms. The molecule has 33 heavy (non-hydrogen) atoms. The third kappa shape index (κ3) is 6.43. The summed E-state index contributed by atoms with van der Waals surface area (Å²) in [5.41, 5.74) is 1.41. The van der Waals surface area contributed by atoms with E-state index in [0.717, 1.165) is 24.9 Å². The van der Waals surface area contributed by atoms with Crippen molar-refractivity contribution in [3.05, 3.63) is 66.0 Å². The smallest absolute Gasteiger partial charge is 0.374 e. The Hall–Kier alpha value is -2.69. The molecule has 0 spiro atoms. The van der Waals surface area contributed by atoms with Crippen LogP contribution in [0, 0.1) is 0 Å². The lowest BCUT2D eigenvalue weighted by molar-refractivity contribution is -0.145. The molecule has 1 aromatic heterocycles. The monoisotopic (exact) mass is 476 g/mol. The van der Waals surface area contributed by atoms with Crippen molar-refractivity contribution in [2.24, 2.45) is 0 Å². The van der Waals surface area contributed by atoms with Crippen molar-refractivity contribution < 1.29 is 22.7 Å². The molecule has 1 saturated heterocycles. The number of halogens is 3. The summed E-state index contributed by atoms with van der Waals surface area (Å²) in [6.07, 6.45) is -4.81. The molecule has 2 heterocycles. The molecule has 174 valence electrons. The predicted molar refractivity (Wildman–Crippen MR) is 120 cm³/mol. The maximum Gasteiger partial charge on any atom is 0.451 e. The number of benzene rings is 2.